The maximum absolute atomic E-state index is 14.2. The number of ether oxygens (including phenoxy) is 8. The molecule has 16 rings (SSSR count). The lowest BCUT2D eigenvalue weighted by Gasteiger charge is -2.40. The van der Waals surface area contributed by atoms with Crippen molar-refractivity contribution in [2.24, 2.45) is 69.0 Å². The average molecular weight is 2110 g/mol. The number of aromatic carboxylic acids is 4. The second-order valence-corrected chi connectivity index (χ2v) is 52.1. The third-order valence-electron chi connectivity index (χ3n) is 30.5. The molecule has 28 heteroatoms. The molecule has 0 bridgehead atoms. The molecular weight excluding hydrogens is 1950 g/mol. The lowest BCUT2D eigenvalue weighted by molar-refractivity contribution is -0.125. The molecule has 4 saturated heterocycles. The van der Waals surface area contributed by atoms with Crippen LogP contribution in [0, 0.1) is 116 Å². The fraction of sp³-hybridized carbons (Fsp3) is 0.667. The molecule has 12 atom stereocenters. The number of allylic oxidation sites excluding steroid dienone is 8. The van der Waals surface area contributed by atoms with E-state index < -0.39 is 23.9 Å². The van der Waals surface area contributed by atoms with Gasteiger partial charge in [0.1, 0.15) is 19.5 Å². The molecule has 24 nitrogen and oxygen atoms in total. The highest BCUT2D eigenvalue weighted by Crippen LogP contribution is 2.48. The topological polar surface area (TPSA) is 304 Å². The van der Waals surface area contributed by atoms with Gasteiger partial charge in [-0.25, -0.2) is 19.2 Å². The van der Waals surface area contributed by atoms with Crippen LogP contribution in [0.5, 0.6) is 0 Å². The molecule has 12 aliphatic rings. The number of anilines is 4. The Balaban J connectivity index is 0.000000165. The van der Waals surface area contributed by atoms with E-state index in [4.69, 9.17) is 37.9 Å². The maximum atomic E-state index is 14.2. The number of carbonyl (C=O) groups is 8. The molecular formula is C120H164N4O20S4. The SMILES string of the molecule is CC1=CC[C@@H](C(=O)N(c2cc(C#CC(C)(C)C)sc2C(=O)O)C2CCC(O[C@@H]3CCOC3)CC2)[C@@H](C)C1.CC1=CC[C@@H](C(=O)N(c2cc(C#CC(C)(C)C)sc2C(=O)O)C2CCC(O[C@@H]3CCOC3)CC2)[C@H](C)C1.CC1=CC[C@H](C(=O)N(c2cc(C#CC(C)(C)C)sc2C(=O)O)C2CCC(O[C@@H]3CCOC3)CC2)[C@@H](C)C1.CC1=CC[C@H](C(=O)N(c2cc(C#CC(C)(C)C)sc2C(=O)O)C2CCC(O[C@@H]3CCOC3)CC2)[C@H](C)C1. The van der Waals surface area contributed by atoms with Crippen LogP contribution < -0.4 is 19.6 Å². The molecule has 4 aromatic heterocycles. The lowest BCUT2D eigenvalue weighted by Crippen LogP contribution is -2.48. The third kappa shape index (κ3) is 32.8. The number of carbonyl (C=O) groups excluding carboxylic acids is 4. The van der Waals surface area contributed by atoms with Gasteiger partial charge in [0.15, 0.2) is 0 Å². The first-order valence-corrected chi connectivity index (χ1v) is 57.8. The lowest BCUT2D eigenvalue weighted by atomic mass is 9.79. The van der Waals surface area contributed by atoms with Gasteiger partial charge < -0.3 is 77.9 Å². The van der Waals surface area contributed by atoms with Gasteiger partial charge >= 0.3 is 23.9 Å². The van der Waals surface area contributed by atoms with Crippen molar-refractivity contribution in [2.75, 3.05) is 72.5 Å². The van der Waals surface area contributed by atoms with Crippen LogP contribution in [0.3, 0.4) is 0 Å². The fourth-order valence-corrected chi connectivity index (χ4v) is 26.0. The Morgan fingerprint density at radius 3 is 0.622 bits per heavy atom. The van der Waals surface area contributed by atoms with E-state index in [0.717, 1.165) is 181 Å². The molecule has 0 unspecified atom stereocenters. The Labute approximate surface area is 896 Å². The second-order valence-electron chi connectivity index (χ2n) is 47.9. The molecule has 8 fully saturated rings. The molecule has 808 valence electrons. The molecule has 4 aromatic rings. The molecule has 0 aromatic carbocycles. The minimum absolute atomic E-state index is 0.0421. The van der Waals surface area contributed by atoms with Gasteiger partial charge in [-0.05, 0) is 338 Å². The normalized spacial score (nSPS) is 28.2. The number of hydrogen-bond acceptors (Lipinski definition) is 20. The third-order valence-corrected chi connectivity index (χ3v) is 34.6. The van der Waals surface area contributed by atoms with Gasteiger partial charge in [-0.15, -0.1) is 45.3 Å². The summed E-state index contributed by atoms with van der Waals surface area (Å²) in [7, 11) is 0. The van der Waals surface area contributed by atoms with Crippen LogP contribution in [-0.2, 0) is 57.1 Å². The summed E-state index contributed by atoms with van der Waals surface area (Å²) in [6.45, 7) is 47.0. The van der Waals surface area contributed by atoms with Crippen LogP contribution in [0.25, 0.3) is 0 Å². The number of carboxylic acid groups (broad SMARTS) is 4. The minimum Gasteiger partial charge on any atom is -0.477 e. The molecule has 148 heavy (non-hydrogen) atoms. The number of thiophene rings is 4. The van der Waals surface area contributed by atoms with Gasteiger partial charge in [-0.1, -0.05) is 122 Å². The second kappa shape index (κ2) is 52.4. The summed E-state index contributed by atoms with van der Waals surface area (Å²) in [5, 5.41) is 40.5. The zero-order valence-electron chi connectivity index (χ0n) is 91.4. The summed E-state index contributed by atoms with van der Waals surface area (Å²) in [5.41, 5.74) is 6.50. The Bertz CT molecular complexity index is 4980. The largest absolute Gasteiger partial charge is 0.477 e. The van der Waals surface area contributed by atoms with Crippen LogP contribution >= 0.6 is 45.3 Å². The van der Waals surface area contributed by atoms with E-state index in [2.05, 4.69) is 127 Å². The van der Waals surface area contributed by atoms with Gasteiger partial charge in [0, 0.05) is 95.9 Å². The van der Waals surface area contributed by atoms with Crippen molar-refractivity contribution >= 4 is 116 Å². The van der Waals surface area contributed by atoms with Gasteiger partial charge in [0.25, 0.3) is 0 Å². The summed E-state index contributed by atoms with van der Waals surface area (Å²) < 4.78 is 47.0. The van der Waals surface area contributed by atoms with E-state index in [1.807, 2.05) is 127 Å². The summed E-state index contributed by atoms with van der Waals surface area (Å²) in [6.07, 6.45) is 33.2. The summed E-state index contributed by atoms with van der Waals surface area (Å²) >= 11 is 4.68. The average Bonchev–Trinajstić information content (AvgIpc) is 1.58. The number of amides is 4. The number of nitrogens with zero attached hydrogens (tertiary/aromatic N) is 4. The van der Waals surface area contributed by atoms with Crippen molar-refractivity contribution in [3.05, 3.63) is 110 Å². The van der Waals surface area contributed by atoms with E-state index in [9.17, 15) is 58.8 Å². The predicted molar refractivity (Wildman–Crippen MR) is 588 cm³/mol. The first kappa shape index (κ1) is 117. The molecule has 8 aliphatic carbocycles. The van der Waals surface area contributed by atoms with Crippen LogP contribution in [0.15, 0.2) is 70.9 Å². The minimum atomic E-state index is -1.01. The first-order valence-electron chi connectivity index (χ1n) is 54.5. The summed E-state index contributed by atoms with van der Waals surface area (Å²) in [5.74, 6) is 21.9. The zero-order chi connectivity index (χ0) is 107. The summed E-state index contributed by atoms with van der Waals surface area (Å²) in [6, 6.07) is 7.11. The smallest absolute Gasteiger partial charge is 0.348 e. The Morgan fingerprint density at radius 1 is 0.291 bits per heavy atom. The molecule has 4 aliphatic heterocycles. The van der Waals surface area contributed by atoms with Crippen molar-refractivity contribution in [3.8, 4) is 47.4 Å². The van der Waals surface area contributed by atoms with Crippen LogP contribution in [-0.4, -0.2) is 194 Å². The molecule has 4 N–H and O–H groups in total. The Morgan fingerprint density at radius 2 is 0.473 bits per heavy atom. The highest BCUT2D eigenvalue weighted by atomic mass is 32.1. The van der Waals surface area contributed by atoms with Crippen molar-refractivity contribution in [3.63, 3.8) is 0 Å². The highest BCUT2D eigenvalue weighted by molar-refractivity contribution is 7.16. The highest BCUT2D eigenvalue weighted by Gasteiger charge is 2.47. The monoisotopic (exact) mass is 2110 g/mol. The van der Waals surface area contributed by atoms with Gasteiger partial charge in [0.05, 0.1) is 118 Å². The summed E-state index contributed by atoms with van der Waals surface area (Å²) in [4.78, 5) is 117. The van der Waals surface area contributed by atoms with Crippen molar-refractivity contribution in [1.82, 2.24) is 0 Å². The van der Waals surface area contributed by atoms with Crippen LogP contribution in [0.4, 0.5) is 22.7 Å². The van der Waals surface area contributed by atoms with Crippen molar-refractivity contribution in [1.29, 1.82) is 0 Å². The molecule has 4 saturated carbocycles. The predicted octanol–water partition coefficient (Wildman–Crippen LogP) is 25.1. The molecule has 0 spiro atoms. The maximum Gasteiger partial charge on any atom is 0.348 e. The Kier molecular flexibility index (Phi) is 41.2. The van der Waals surface area contributed by atoms with Gasteiger partial charge in [0.2, 0.25) is 23.6 Å². The van der Waals surface area contributed by atoms with Crippen LogP contribution in [0.1, 0.15) is 376 Å². The number of rotatable bonds is 24. The van der Waals surface area contributed by atoms with E-state index in [1.54, 1.807) is 0 Å². The quantitative estimate of drug-likeness (QED) is 0.0374. The van der Waals surface area contributed by atoms with Crippen LogP contribution in [0.2, 0.25) is 0 Å². The van der Waals surface area contributed by atoms with E-state index in [-0.39, 0.29) is 185 Å². The molecule has 8 heterocycles. The van der Waals surface area contributed by atoms with E-state index >= 15 is 0 Å². The van der Waals surface area contributed by atoms with Crippen molar-refractivity contribution < 1.29 is 96.7 Å². The van der Waals surface area contributed by atoms with Gasteiger partial charge in [-0.3, -0.25) is 19.2 Å². The zero-order valence-corrected chi connectivity index (χ0v) is 94.6. The van der Waals surface area contributed by atoms with E-state index in [0.29, 0.717) is 94.4 Å². The van der Waals surface area contributed by atoms with Gasteiger partial charge in [-0.2, -0.15) is 0 Å². The van der Waals surface area contributed by atoms with E-state index in [1.165, 1.54) is 67.6 Å². The Hall–Kier alpha value is -8.56. The fourth-order valence-electron chi connectivity index (χ4n) is 22.7. The standard InChI is InChI=1S/4C30H41NO5S/c4*1-19-6-11-25(20(2)16-19)28(32)31(21-7-9-22(10-8-21)36-23-13-15-35-18-23)26-17-24(12-14-30(3,4)5)37-27(26)29(33)34/h4*6,17,20-23,25H,7-11,13,15-16,18H2,1-5H3,(H,33,34)/t20-,21?,22?,23+,25+;20-,21?,22?,23+,25-;20-,21?,22?,23-,25+;20-,21?,22?,23-,25-/m0011/s1. The number of hydrogen-bond donors (Lipinski definition) is 4. The molecule has 4 amide bonds. The van der Waals surface area contributed by atoms with Crippen molar-refractivity contribution in [2.45, 2.75) is 391 Å². The number of carboxylic acids is 4. The first-order chi connectivity index (χ1) is 70.1. The molecule has 0 radical (unpaired) electrons.